The molecule has 0 saturated carbocycles. The Balaban J connectivity index is 1.57. The molecule has 31 heavy (non-hydrogen) atoms. The molecule has 0 aliphatic rings. The maximum absolute atomic E-state index is 12.3. The Kier molecular flexibility index (Phi) is 7.44. The zero-order valence-electron chi connectivity index (χ0n) is 17.1. The van der Waals surface area contributed by atoms with Gasteiger partial charge in [0.15, 0.2) is 0 Å². The lowest BCUT2D eigenvalue weighted by Gasteiger charge is -2.25. The minimum Gasteiger partial charge on any atom is -0.456 e. The largest absolute Gasteiger partial charge is 0.573 e. The molecule has 0 heterocycles. The third-order valence-electron chi connectivity index (χ3n) is 4.56. The number of hydrogen-bond acceptors (Lipinski definition) is 3. The summed E-state index contributed by atoms with van der Waals surface area (Å²) >= 11 is 7.90. The van der Waals surface area contributed by atoms with Gasteiger partial charge in [0.1, 0.15) is 17.2 Å². The molecule has 3 rings (SSSR count). The van der Waals surface area contributed by atoms with Crippen LogP contribution in [-0.4, -0.2) is 12.1 Å². The van der Waals surface area contributed by atoms with Crippen molar-refractivity contribution in [2.24, 2.45) is 0 Å². The van der Waals surface area contributed by atoms with E-state index >= 15 is 0 Å². The fourth-order valence-corrected chi connectivity index (χ4v) is 4.34. The standard InChI is InChI=1S/C24H22ClF3O2S/c1-23(2,18-10-12-19(13-11-18)30-24(26,27)28)16-31-15-17-6-5-7-20(14-17)29-22-9-4-3-8-21(22)25/h3-14H,15-16H2,1-2H3. The Hall–Kier alpha value is -2.31. The van der Waals surface area contributed by atoms with Crippen molar-refractivity contribution in [2.75, 3.05) is 5.75 Å². The first-order valence-corrected chi connectivity index (χ1v) is 11.1. The number of hydrogen-bond donors (Lipinski definition) is 0. The lowest BCUT2D eigenvalue weighted by molar-refractivity contribution is -0.274. The highest BCUT2D eigenvalue weighted by Crippen LogP contribution is 2.33. The minimum atomic E-state index is -4.68. The van der Waals surface area contributed by atoms with Gasteiger partial charge in [-0.15, -0.1) is 13.2 Å². The molecular formula is C24H22ClF3O2S. The number of ether oxygens (including phenoxy) is 2. The number of alkyl halides is 3. The van der Waals surface area contributed by atoms with Crippen molar-refractivity contribution in [3.05, 3.63) is 88.9 Å². The van der Waals surface area contributed by atoms with Gasteiger partial charge in [0.05, 0.1) is 5.02 Å². The van der Waals surface area contributed by atoms with Crippen LogP contribution in [0.2, 0.25) is 5.02 Å². The molecule has 0 N–H and O–H groups in total. The summed E-state index contributed by atoms with van der Waals surface area (Å²) < 4.78 is 46.8. The van der Waals surface area contributed by atoms with Crippen LogP contribution < -0.4 is 9.47 Å². The minimum absolute atomic E-state index is 0.213. The van der Waals surface area contributed by atoms with Crippen LogP contribution in [0, 0.1) is 0 Å². The van der Waals surface area contributed by atoms with Crippen molar-refractivity contribution in [3.63, 3.8) is 0 Å². The Bertz CT molecular complexity index is 1000. The summed E-state index contributed by atoms with van der Waals surface area (Å²) in [7, 11) is 0. The summed E-state index contributed by atoms with van der Waals surface area (Å²) in [5.74, 6) is 2.68. The van der Waals surface area contributed by atoms with Gasteiger partial charge in [-0.2, -0.15) is 11.8 Å². The fourth-order valence-electron chi connectivity index (χ4n) is 2.97. The van der Waals surface area contributed by atoms with Gasteiger partial charge in [0.25, 0.3) is 0 Å². The van der Waals surface area contributed by atoms with E-state index in [1.54, 1.807) is 30.0 Å². The molecule has 164 valence electrons. The van der Waals surface area contributed by atoms with Crippen molar-refractivity contribution in [1.29, 1.82) is 0 Å². The van der Waals surface area contributed by atoms with Gasteiger partial charge in [-0.3, -0.25) is 0 Å². The maximum Gasteiger partial charge on any atom is 0.573 e. The first-order chi connectivity index (χ1) is 14.6. The SMILES string of the molecule is CC(C)(CSCc1cccc(Oc2ccccc2Cl)c1)c1ccc(OC(F)(F)F)cc1. The highest BCUT2D eigenvalue weighted by atomic mass is 35.5. The van der Waals surface area contributed by atoms with Crippen molar-refractivity contribution in [3.8, 4) is 17.2 Å². The van der Waals surface area contributed by atoms with Crippen LogP contribution in [0.5, 0.6) is 17.2 Å². The number of rotatable bonds is 8. The molecule has 0 spiro atoms. The molecule has 0 saturated heterocycles. The van der Waals surface area contributed by atoms with E-state index in [0.29, 0.717) is 16.5 Å². The summed E-state index contributed by atoms with van der Waals surface area (Å²) in [6.45, 7) is 4.13. The fraction of sp³-hybridized carbons (Fsp3) is 0.250. The summed E-state index contributed by atoms with van der Waals surface area (Å²) in [5, 5.41) is 0.552. The zero-order valence-corrected chi connectivity index (χ0v) is 18.7. The maximum atomic E-state index is 12.3. The summed E-state index contributed by atoms with van der Waals surface area (Å²) in [5.41, 5.74) is 1.84. The van der Waals surface area contributed by atoms with E-state index in [0.717, 1.165) is 22.6 Å². The first-order valence-electron chi connectivity index (χ1n) is 9.58. The van der Waals surface area contributed by atoms with E-state index in [2.05, 4.69) is 18.6 Å². The molecule has 0 fully saturated rings. The van der Waals surface area contributed by atoms with Gasteiger partial charge in [-0.25, -0.2) is 0 Å². The lowest BCUT2D eigenvalue weighted by atomic mass is 9.87. The molecule has 0 aliphatic heterocycles. The second kappa shape index (κ2) is 9.88. The van der Waals surface area contributed by atoms with Crippen LogP contribution in [0.3, 0.4) is 0 Å². The van der Waals surface area contributed by atoms with E-state index in [4.69, 9.17) is 16.3 Å². The van der Waals surface area contributed by atoms with E-state index in [9.17, 15) is 13.2 Å². The molecule has 0 aliphatic carbocycles. The van der Waals surface area contributed by atoms with E-state index in [1.165, 1.54) is 12.1 Å². The Morgan fingerprint density at radius 1 is 0.871 bits per heavy atom. The molecular weight excluding hydrogens is 445 g/mol. The van der Waals surface area contributed by atoms with Gasteiger partial charge < -0.3 is 9.47 Å². The Labute approximate surface area is 189 Å². The third-order valence-corrected chi connectivity index (χ3v) is 6.34. The molecule has 0 amide bonds. The summed E-state index contributed by atoms with van der Waals surface area (Å²) in [4.78, 5) is 0. The highest BCUT2D eigenvalue weighted by molar-refractivity contribution is 7.98. The van der Waals surface area contributed by atoms with Crippen LogP contribution in [0.4, 0.5) is 13.2 Å². The topological polar surface area (TPSA) is 18.5 Å². The normalized spacial score (nSPS) is 11.9. The van der Waals surface area contributed by atoms with Crippen LogP contribution in [-0.2, 0) is 11.2 Å². The molecule has 2 nitrogen and oxygen atoms in total. The molecule has 0 atom stereocenters. The average molecular weight is 467 g/mol. The molecule has 3 aromatic carbocycles. The lowest BCUT2D eigenvalue weighted by Crippen LogP contribution is -2.21. The van der Waals surface area contributed by atoms with Crippen molar-refractivity contribution >= 4 is 23.4 Å². The van der Waals surface area contributed by atoms with E-state index < -0.39 is 6.36 Å². The monoisotopic (exact) mass is 466 g/mol. The van der Waals surface area contributed by atoms with Crippen molar-refractivity contribution in [1.82, 2.24) is 0 Å². The second-order valence-corrected chi connectivity index (χ2v) is 9.02. The van der Waals surface area contributed by atoms with E-state index in [-0.39, 0.29) is 11.2 Å². The van der Waals surface area contributed by atoms with Crippen LogP contribution >= 0.6 is 23.4 Å². The van der Waals surface area contributed by atoms with Gasteiger partial charge in [-0.05, 0) is 52.9 Å². The predicted molar refractivity (Wildman–Crippen MR) is 120 cm³/mol. The van der Waals surface area contributed by atoms with Gasteiger partial charge in [-0.1, -0.05) is 61.8 Å². The summed E-state index contributed by atoms with van der Waals surface area (Å²) in [6, 6.07) is 21.2. The molecule has 0 radical (unpaired) electrons. The smallest absolute Gasteiger partial charge is 0.456 e. The Morgan fingerprint density at radius 3 is 2.26 bits per heavy atom. The number of halogens is 4. The number of benzene rings is 3. The average Bonchev–Trinajstić information content (AvgIpc) is 2.69. The van der Waals surface area contributed by atoms with E-state index in [1.807, 2.05) is 42.5 Å². The third kappa shape index (κ3) is 7.11. The van der Waals surface area contributed by atoms with Crippen molar-refractivity contribution < 1.29 is 22.6 Å². The van der Waals surface area contributed by atoms with Gasteiger partial charge >= 0.3 is 6.36 Å². The second-order valence-electron chi connectivity index (χ2n) is 7.63. The molecule has 7 heteroatoms. The van der Waals surface area contributed by atoms with Crippen molar-refractivity contribution in [2.45, 2.75) is 31.4 Å². The molecule has 0 aromatic heterocycles. The number of thioether (sulfide) groups is 1. The quantitative estimate of drug-likeness (QED) is 0.333. The number of para-hydroxylation sites is 1. The van der Waals surface area contributed by atoms with Crippen LogP contribution in [0.15, 0.2) is 72.8 Å². The van der Waals surface area contributed by atoms with Crippen LogP contribution in [0.1, 0.15) is 25.0 Å². The zero-order chi connectivity index (χ0) is 22.5. The molecule has 0 bridgehead atoms. The predicted octanol–water partition coefficient (Wildman–Crippen LogP) is 8.24. The summed E-state index contributed by atoms with van der Waals surface area (Å²) in [6.07, 6.45) is -4.68. The molecule has 3 aromatic rings. The molecule has 0 unspecified atom stereocenters. The first kappa shape index (κ1) is 23.4. The van der Waals surface area contributed by atoms with Crippen LogP contribution in [0.25, 0.3) is 0 Å². The Morgan fingerprint density at radius 2 is 1.58 bits per heavy atom. The highest BCUT2D eigenvalue weighted by Gasteiger charge is 2.31. The van der Waals surface area contributed by atoms with Gasteiger partial charge in [0.2, 0.25) is 0 Å². The van der Waals surface area contributed by atoms with Gasteiger partial charge in [0, 0.05) is 11.5 Å².